The fraction of sp³-hybridized carbons (Fsp3) is 0.455. The van der Waals surface area contributed by atoms with Crippen molar-refractivity contribution >= 4 is 32.7 Å². The van der Waals surface area contributed by atoms with Crippen LogP contribution in [-0.2, 0) is 15.5 Å². The Hall–Kier alpha value is -0.350. The van der Waals surface area contributed by atoms with Gasteiger partial charge < -0.3 is 0 Å². The van der Waals surface area contributed by atoms with Gasteiger partial charge in [0.2, 0.25) is 0 Å². The lowest BCUT2D eigenvalue weighted by Crippen LogP contribution is -2.21. The fourth-order valence-electron chi connectivity index (χ4n) is 0.950. The maximum absolute atomic E-state index is 10.7. The van der Waals surface area contributed by atoms with Crippen molar-refractivity contribution in [3.63, 3.8) is 0 Å². The normalized spacial score (nSPS) is 12.6. The highest BCUT2D eigenvalue weighted by Crippen LogP contribution is 2.22. The Morgan fingerprint density at radius 2 is 1.37 bits per heavy atom. The summed E-state index contributed by atoms with van der Waals surface area (Å²) in [5.41, 5.74) is -3.85. The Morgan fingerprint density at radius 1 is 1.05 bits per heavy atom. The Balaban J connectivity index is 0.000000362. The van der Waals surface area contributed by atoms with Crippen molar-refractivity contribution in [3.05, 3.63) is 33.4 Å². The number of hydrogen-bond donors (Lipinski definition) is 1. The molecule has 1 aromatic rings. The summed E-state index contributed by atoms with van der Waals surface area (Å²) in [6.45, 7) is 6.69. The third-order valence-electron chi connectivity index (χ3n) is 2.00. The fourth-order valence-corrected chi connectivity index (χ4v) is 1.31. The average molecular weight is 410 g/mol. The van der Waals surface area contributed by atoms with Gasteiger partial charge in [-0.1, -0.05) is 32.9 Å². The topological polar surface area (TPSA) is 54.4 Å². The molecule has 19 heavy (non-hydrogen) atoms. The van der Waals surface area contributed by atoms with Crippen molar-refractivity contribution in [2.75, 3.05) is 0 Å². The van der Waals surface area contributed by atoms with Gasteiger partial charge >= 0.3 is 15.6 Å². The summed E-state index contributed by atoms with van der Waals surface area (Å²) >= 11 is 2.32. The number of halogens is 4. The van der Waals surface area contributed by atoms with E-state index in [9.17, 15) is 13.2 Å². The second kappa shape index (κ2) is 6.40. The molecule has 0 bridgehead atoms. The van der Waals surface area contributed by atoms with E-state index in [0.29, 0.717) is 0 Å². The Labute approximate surface area is 124 Å². The largest absolute Gasteiger partial charge is 0.522 e. The summed E-state index contributed by atoms with van der Waals surface area (Å²) in [6.07, 6.45) is 0. The standard InChI is InChI=1S/C10H13I.CHF3O3S/c1-10(2,3)8-4-6-9(11)7-5-8;2-1(3,4)8(5,6)7/h4-7H,1-3H3;(H,5,6,7). The molecule has 0 amide bonds. The van der Waals surface area contributed by atoms with Crippen LogP contribution in [0.1, 0.15) is 26.3 Å². The molecule has 1 N–H and O–H groups in total. The molecule has 3 nitrogen and oxygen atoms in total. The number of hydrogen-bond acceptors (Lipinski definition) is 2. The van der Waals surface area contributed by atoms with E-state index in [0.717, 1.165) is 0 Å². The minimum absolute atomic E-state index is 0.282. The molecule has 0 radical (unpaired) electrons. The van der Waals surface area contributed by atoms with Crippen molar-refractivity contribution in [1.29, 1.82) is 0 Å². The predicted molar refractivity (Wildman–Crippen MR) is 75.5 cm³/mol. The van der Waals surface area contributed by atoms with E-state index < -0.39 is 15.6 Å². The summed E-state index contributed by atoms with van der Waals surface area (Å²) in [6, 6.07) is 8.70. The van der Waals surface area contributed by atoms with Crippen LogP contribution >= 0.6 is 22.6 Å². The lowest BCUT2D eigenvalue weighted by molar-refractivity contribution is -0.0510. The first-order valence-electron chi connectivity index (χ1n) is 5.05. The molecular weight excluding hydrogens is 396 g/mol. The van der Waals surface area contributed by atoms with Crippen molar-refractivity contribution in [1.82, 2.24) is 0 Å². The molecule has 0 unspecified atom stereocenters. The molecule has 0 fully saturated rings. The molecule has 110 valence electrons. The summed E-state index contributed by atoms with van der Waals surface area (Å²) in [5, 5.41) is 0. The van der Waals surface area contributed by atoms with E-state index in [1.807, 2.05) is 0 Å². The maximum Gasteiger partial charge on any atom is 0.522 e. The molecule has 0 aliphatic rings. The zero-order chi connectivity index (χ0) is 15.5. The Kier molecular flexibility index (Phi) is 6.28. The molecule has 0 spiro atoms. The lowest BCUT2D eigenvalue weighted by Gasteiger charge is -2.18. The molecule has 1 rings (SSSR count). The van der Waals surface area contributed by atoms with E-state index in [1.54, 1.807) is 0 Å². The van der Waals surface area contributed by atoms with E-state index in [-0.39, 0.29) is 5.41 Å². The van der Waals surface area contributed by atoms with E-state index in [2.05, 4.69) is 67.6 Å². The molecule has 1 aromatic carbocycles. The first-order valence-corrected chi connectivity index (χ1v) is 7.57. The van der Waals surface area contributed by atoms with Crippen LogP contribution in [0.4, 0.5) is 13.2 Å². The van der Waals surface area contributed by atoms with Crippen LogP contribution in [0.25, 0.3) is 0 Å². The van der Waals surface area contributed by atoms with Gasteiger partial charge in [-0.25, -0.2) is 0 Å². The van der Waals surface area contributed by atoms with Crippen LogP contribution < -0.4 is 0 Å². The Bertz CT molecular complexity index is 501. The van der Waals surface area contributed by atoms with Gasteiger partial charge in [0.05, 0.1) is 0 Å². The third-order valence-corrected chi connectivity index (χ3v) is 3.31. The van der Waals surface area contributed by atoms with Crippen molar-refractivity contribution < 1.29 is 26.1 Å². The summed E-state index contributed by atoms with van der Waals surface area (Å²) in [7, 11) is -5.84. The quantitative estimate of drug-likeness (QED) is 0.400. The molecule has 0 heterocycles. The zero-order valence-corrected chi connectivity index (χ0v) is 13.5. The summed E-state index contributed by atoms with van der Waals surface area (Å²) in [4.78, 5) is 0. The van der Waals surface area contributed by atoms with E-state index in [1.165, 1.54) is 9.13 Å². The first kappa shape index (κ1) is 18.7. The van der Waals surface area contributed by atoms with Crippen LogP contribution in [-0.4, -0.2) is 18.5 Å². The lowest BCUT2D eigenvalue weighted by atomic mass is 9.87. The number of benzene rings is 1. The second-order valence-corrected chi connectivity index (χ2v) is 7.34. The highest BCUT2D eigenvalue weighted by Gasteiger charge is 2.44. The third kappa shape index (κ3) is 7.11. The van der Waals surface area contributed by atoms with Gasteiger partial charge in [0.15, 0.2) is 0 Å². The summed E-state index contributed by atoms with van der Waals surface area (Å²) in [5.74, 6) is 0. The molecule has 0 aliphatic carbocycles. The van der Waals surface area contributed by atoms with Gasteiger partial charge in [-0.15, -0.1) is 0 Å². The molecular formula is C11H14F3IO3S. The number of alkyl halides is 3. The van der Waals surface area contributed by atoms with Crippen molar-refractivity contribution in [2.24, 2.45) is 0 Å². The average Bonchev–Trinajstić information content (AvgIpc) is 2.14. The van der Waals surface area contributed by atoms with Gasteiger partial charge in [-0.05, 0) is 45.7 Å². The highest BCUT2D eigenvalue weighted by molar-refractivity contribution is 14.1. The van der Waals surface area contributed by atoms with Gasteiger partial charge in [0.25, 0.3) is 0 Å². The van der Waals surface area contributed by atoms with Crippen LogP contribution in [0.2, 0.25) is 0 Å². The molecule has 0 aromatic heterocycles. The molecule has 8 heteroatoms. The van der Waals surface area contributed by atoms with Crippen LogP contribution in [0.5, 0.6) is 0 Å². The molecule has 0 atom stereocenters. The monoisotopic (exact) mass is 410 g/mol. The van der Waals surface area contributed by atoms with Gasteiger partial charge in [0.1, 0.15) is 0 Å². The summed E-state index contributed by atoms with van der Waals surface area (Å²) < 4.78 is 58.8. The van der Waals surface area contributed by atoms with E-state index >= 15 is 0 Å². The highest BCUT2D eigenvalue weighted by atomic mass is 127. The minimum Gasteiger partial charge on any atom is -0.279 e. The molecule has 0 aliphatic heterocycles. The van der Waals surface area contributed by atoms with Gasteiger partial charge in [-0.2, -0.15) is 21.6 Å². The number of rotatable bonds is 0. The van der Waals surface area contributed by atoms with Crippen molar-refractivity contribution in [3.8, 4) is 0 Å². The van der Waals surface area contributed by atoms with Crippen LogP contribution in [0.15, 0.2) is 24.3 Å². The smallest absolute Gasteiger partial charge is 0.279 e. The van der Waals surface area contributed by atoms with Crippen molar-refractivity contribution in [2.45, 2.75) is 31.7 Å². The predicted octanol–water partition coefficient (Wildman–Crippen LogP) is 3.98. The zero-order valence-electron chi connectivity index (χ0n) is 10.5. The molecule has 0 saturated heterocycles. The van der Waals surface area contributed by atoms with Crippen LogP contribution in [0.3, 0.4) is 0 Å². The minimum atomic E-state index is -5.84. The second-order valence-electron chi connectivity index (χ2n) is 4.68. The molecule has 0 saturated carbocycles. The van der Waals surface area contributed by atoms with Gasteiger partial charge in [0, 0.05) is 3.57 Å². The maximum atomic E-state index is 10.7. The van der Waals surface area contributed by atoms with Crippen LogP contribution in [0, 0.1) is 3.57 Å². The Morgan fingerprint density at radius 3 is 1.58 bits per heavy atom. The van der Waals surface area contributed by atoms with Gasteiger partial charge in [-0.3, -0.25) is 4.55 Å². The first-order chi connectivity index (χ1) is 8.25. The van der Waals surface area contributed by atoms with E-state index in [4.69, 9.17) is 13.0 Å². The SMILES string of the molecule is CC(C)(C)c1ccc(I)cc1.O=S(=O)(O)C(F)(F)F.